The quantitative estimate of drug-likeness (QED) is 0.0946. The second-order valence-corrected chi connectivity index (χ2v) is 34.1. The van der Waals surface area contributed by atoms with Crippen molar-refractivity contribution in [3.8, 4) is 147 Å². The van der Waals surface area contributed by atoms with Crippen LogP contribution < -0.4 is 0 Å². The van der Waals surface area contributed by atoms with Crippen LogP contribution in [-0.4, -0.2) is 54.0 Å². The molecule has 0 fully saturated rings. The first-order valence-electron chi connectivity index (χ1n) is 46.0. The lowest BCUT2D eigenvalue weighted by Crippen LogP contribution is -2.06. The van der Waals surface area contributed by atoms with Gasteiger partial charge in [0.05, 0.1) is 39.8 Å². The molecule has 650 valence electrons. The molecule has 0 aliphatic rings. The average Bonchev–Trinajstić information content (AvgIpc) is 1.56. The molecule has 0 spiro atoms. The zero-order chi connectivity index (χ0) is 92.2. The van der Waals surface area contributed by atoms with E-state index in [0.29, 0.717) is 58.4 Å². The van der Waals surface area contributed by atoms with Crippen LogP contribution in [0.2, 0.25) is 0 Å². The van der Waals surface area contributed by atoms with Gasteiger partial charge in [-0.05, 0) is 123 Å². The van der Waals surface area contributed by atoms with Crippen LogP contribution in [-0.2, 0) is 0 Å². The Morgan fingerprint density at radius 3 is 0.921 bits per heavy atom. The Balaban J connectivity index is 0.000000111. The van der Waals surface area contributed by atoms with E-state index in [2.05, 4.69) is 305 Å². The van der Waals surface area contributed by atoms with E-state index in [9.17, 15) is 0 Å². The molecule has 0 amide bonds. The van der Waals surface area contributed by atoms with E-state index >= 15 is 0 Å². The fourth-order valence-corrected chi connectivity index (χ4v) is 19.1. The maximum absolute atomic E-state index is 7.40. The van der Waals surface area contributed by atoms with E-state index in [4.69, 9.17) is 64.7 Å². The summed E-state index contributed by atoms with van der Waals surface area (Å²) >= 11 is 0. The molecule has 27 aromatic rings. The average molecular weight is 1780 g/mol. The minimum absolute atomic E-state index is 0.504. The van der Waals surface area contributed by atoms with Gasteiger partial charge < -0.3 is 13.3 Å². The van der Waals surface area contributed by atoms with Gasteiger partial charge in [-0.2, -0.15) is 19.9 Å². The first kappa shape index (κ1) is 81.7. The number of hydrogen-bond donors (Lipinski definition) is 0. The molecule has 0 saturated heterocycles. The molecule has 0 atom stereocenters. The number of para-hydroxylation sites is 7. The van der Waals surface area contributed by atoms with Crippen molar-refractivity contribution in [1.29, 1.82) is 0 Å². The van der Waals surface area contributed by atoms with Gasteiger partial charge in [0.1, 0.15) is 33.5 Å². The van der Waals surface area contributed by atoms with Crippen LogP contribution in [0.3, 0.4) is 0 Å². The van der Waals surface area contributed by atoms with Crippen LogP contribution in [0.25, 0.3) is 262 Å². The Kier molecular flexibility index (Phi) is 20.6. The third-order valence-electron chi connectivity index (χ3n) is 25.7. The van der Waals surface area contributed by atoms with Gasteiger partial charge in [0, 0.05) is 87.2 Å². The van der Waals surface area contributed by atoms with Crippen molar-refractivity contribution in [2.24, 2.45) is 0 Å². The number of furan rings is 3. The highest BCUT2D eigenvalue weighted by molar-refractivity contribution is 6.17. The van der Waals surface area contributed by atoms with E-state index in [1.165, 1.54) is 5.56 Å². The summed E-state index contributed by atoms with van der Waals surface area (Å²) in [4.78, 5) is 49.3. The molecule has 19 aromatic carbocycles. The highest BCUT2D eigenvalue weighted by atomic mass is 16.3. The second-order valence-electron chi connectivity index (χ2n) is 34.1. The number of aromatic nitrogens is 11. The van der Waals surface area contributed by atoms with Gasteiger partial charge in [0.15, 0.2) is 46.5 Å². The molecule has 8 aromatic heterocycles. The molecule has 0 saturated carbocycles. The van der Waals surface area contributed by atoms with Crippen LogP contribution in [0.4, 0.5) is 5.69 Å². The lowest BCUT2D eigenvalue weighted by molar-refractivity contribution is 0.669. The van der Waals surface area contributed by atoms with Crippen LogP contribution in [0.15, 0.2) is 474 Å². The van der Waals surface area contributed by atoms with E-state index in [0.717, 1.165) is 198 Å². The largest absolute Gasteiger partial charge is 0.455 e. The summed E-state index contributed by atoms with van der Waals surface area (Å²) in [5, 5.41) is 10.6. The maximum atomic E-state index is 7.40. The first-order valence-corrected chi connectivity index (χ1v) is 46.0. The normalized spacial score (nSPS) is 11.4. The van der Waals surface area contributed by atoms with Crippen molar-refractivity contribution in [1.82, 2.24) is 54.0 Å². The highest BCUT2D eigenvalue weighted by Crippen LogP contribution is 2.45. The third kappa shape index (κ3) is 15.1. The molecule has 0 aliphatic heterocycles. The van der Waals surface area contributed by atoms with Crippen LogP contribution in [0.1, 0.15) is 0 Å². The van der Waals surface area contributed by atoms with Crippen molar-refractivity contribution >= 4 is 115 Å². The predicted octanol–water partition coefficient (Wildman–Crippen LogP) is 32.1. The molecule has 0 bridgehead atoms. The number of nitrogens with zero attached hydrogens (tertiary/aromatic N) is 12. The fourth-order valence-electron chi connectivity index (χ4n) is 19.1. The number of benzene rings is 19. The first-order chi connectivity index (χ1) is 68.8. The standard InChI is InChI=1S/C45H28N4O.C40H23N5O.C39H25N3O/c1-3-13-29(14-4-1)31-17-11-18-33(27-31)43-46-44(48-45(47-43)49-39-23-9-7-19-34(39)35-20-8-10-24-40(35)49)37-22-12-21-36-38-28-32(30-15-5-2-6-16-30)25-26-41(38)50-42(36)37;1-41-28-21-18-26(19-22-28)38-42-39(44-40(43-38)45-34-16-7-5-12-29(34)30-13-6-8-17-35(30)45)32-15-9-14-31-33-24-27(25-10-3-2-4-11-25)20-23-36(33)46-37(31)32;1-4-12-26(13-5-1)27-22-24-30(25-23-27)38-40-37(29-16-8-3-9-17-29)41-39(42-38)33-20-11-21-34-35(33)32-19-10-18-31(36(32)43-34)28-14-6-2-7-15-28/h1-28H;2-24H;1-25H. The summed E-state index contributed by atoms with van der Waals surface area (Å²) in [5.74, 6) is 5.06. The summed E-state index contributed by atoms with van der Waals surface area (Å²) in [6.45, 7) is 7.40. The van der Waals surface area contributed by atoms with Gasteiger partial charge in [0.25, 0.3) is 0 Å². The maximum Gasteiger partial charge on any atom is 0.238 e. The highest BCUT2D eigenvalue weighted by Gasteiger charge is 2.27. The van der Waals surface area contributed by atoms with Crippen LogP contribution >= 0.6 is 0 Å². The summed E-state index contributed by atoms with van der Waals surface area (Å²) in [5.41, 5.74) is 26.7. The van der Waals surface area contributed by atoms with Crippen molar-refractivity contribution < 1.29 is 13.3 Å². The molecular formula is C124H76N12O3. The van der Waals surface area contributed by atoms with Gasteiger partial charge >= 0.3 is 0 Å². The lowest BCUT2D eigenvalue weighted by atomic mass is 10.0. The minimum atomic E-state index is 0.504. The Bertz CT molecular complexity index is 9340. The topological polar surface area (TPSA) is 170 Å². The van der Waals surface area contributed by atoms with Crippen LogP contribution in [0.5, 0.6) is 0 Å². The molecule has 0 aliphatic carbocycles. The lowest BCUT2D eigenvalue weighted by Gasteiger charge is -2.12. The summed E-state index contributed by atoms with van der Waals surface area (Å²) in [7, 11) is 0. The molecule has 27 rings (SSSR count). The molecule has 15 heteroatoms. The Labute approximate surface area is 796 Å². The zero-order valence-corrected chi connectivity index (χ0v) is 74.5. The van der Waals surface area contributed by atoms with Crippen molar-refractivity contribution in [2.45, 2.75) is 0 Å². The second kappa shape index (κ2) is 35.0. The van der Waals surface area contributed by atoms with Gasteiger partial charge in [-0.25, -0.2) is 29.8 Å². The van der Waals surface area contributed by atoms with Gasteiger partial charge in [-0.3, -0.25) is 9.13 Å². The molecule has 15 nitrogen and oxygen atoms in total. The van der Waals surface area contributed by atoms with E-state index in [-0.39, 0.29) is 0 Å². The smallest absolute Gasteiger partial charge is 0.238 e. The summed E-state index contributed by atoms with van der Waals surface area (Å²) in [6, 6.07) is 157. The zero-order valence-electron chi connectivity index (χ0n) is 74.5. The van der Waals surface area contributed by atoms with E-state index in [1.54, 1.807) is 12.1 Å². The van der Waals surface area contributed by atoms with Crippen molar-refractivity contribution in [2.75, 3.05) is 0 Å². The van der Waals surface area contributed by atoms with Gasteiger partial charge in [0.2, 0.25) is 11.9 Å². The van der Waals surface area contributed by atoms with Crippen LogP contribution in [0, 0.1) is 6.57 Å². The number of rotatable bonds is 14. The Morgan fingerprint density at radius 1 is 0.180 bits per heavy atom. The summed E-state index contributed by atoms with van der Waals surface area (Å²) < 4.78 is 23.9. The minimum Gasteiger partial charge on any atom is -0.455 e. The fraction of sp³-hybridized carbons (Fsp3) is 0. The number of hydrogen-bond acceptors (Lipinski definition) is 12. The number of fused-ring (bicyclic) bond motifs is 15. The molecule has 8 heterocycles. The predicted molar refractivity (Wildman–Crippen MR) is 561 cm³/mol. The van der Waals surface area contributed by atoms with E-state index < -0.39 is 0 Å². The SMILES string of the molecule is [C-]#[N+]c1ccc(-c2nc(-c3cccc4c3oc3ccc(-c5ccccc5)cc34)nc(-n3c4ccccc4c4ccccc43)n2)cc1.c1ccc(-c2ccc(-c3nc(-c4ccccc4)nc(-c4cccc5oc6c(-c7ccccc7)cccc6c45)n3)cc2)cc1.c1ccc(-c2cccc(-c3nc(-c4cccc5c4oc4ccc(-c6ccccc6)cc45)nc(-n4c5ccccc5c5ccccc54)n3)c2)cc1. The Morgan fingerprint density at radius 2 is 0.460 bits per heavy atom. The molecule has 0 radical (unpaired) electrons. The monoisotopic (exact) mass is 1780 g/mol. The molecule has 0 unspecified atom stereocenters. The van der Waals surface area contributed by atoms with E-state index in [1.807, 2.05) is 158 Å². The van der Waals surface area contributed by atoms with Gasteiger partial charge in [-0.1, -0.05) is 388 Å². The van der Waals surface area contributed by atoms with Crippen molar-refractivity contribution in [3.05, 3.63) is 472 Å². The summed E-state index contributed by atoms with van der Waals surface area (Å²) in [6.07, 6.45) is 0. The Hall–Kier alpha value is -19.3. The molecular weight excluding hydrogens is 1710 g/mol. The molecule has 139 heavy (non-hydrogen) atoms. The van der Waals surface area contributed by atoms with Gasteiger partial charge in [-0.15, -0.1) is 0 Å². The molecule has 0 N–H and O–H groups in total. The third-order valence-corrected chi connectivity index (χ3v) is 25.7. The van der Waals surface area contributed by atoms with Crippen molar-refractivity contribution in [3.63, 3.8) is 0 Å².